The van der Waals surface area contributed by atoms with Gasteiger partial charge in [-0.15, -0.1) is 0 Å². The second-order valence-electron chi connectivity index (χ2n) is 8.34. The van der Waals surface area contributed by atoms with Crippen molar-refractivity contribution in [3.8, 4) is 5.75 Å². The van der Waals surface area contributed by atoms with Gasteiger partial charge in [0.15, 0.2) is 0 Å². The molecule has 4 rings (SSSR count). The third kappa shape index (κ3) is 5.71. The summed E-state index contributed by atoms with van der Waals surface area (Å²) in [5, 5.41) is 9.78. The first-order valence-corrected chi connectivity index (χ1v) is 11.4. The number of ether oxygens (including phenoxy) is 1. The molecular formula is C27H30N2O4. The van der Waals surface area contributed by atoms with Gasteiger partial charge in [-0.1, -0.05) is 49.4 Å². The number of rotatable bonds is 9. The van der Waals surface area contributed by atoms with Crippen molar-refractivity contribution >= 4 is 12.0 Å². The molecule has 0 radical (unpaired) electrons. The summed E-state index contributed by atoms with van der Waals surface area (Å²) in [5.41, 5.74) is 4.20. The highest BCUT2D eigenvalue weighted by Crippen LogP contribution is 2.28. The maximum Gasteiger partial charge on any atom is 0.321 e. The maximum atomic E-state index is 11.9. The van der Waals surface area contributed by atoms with Crippen LogP contribution in [0.15, 0.2) is 59.0 Å². The van der Waals surface area contributed by atoms with Crippen molar-refractivity contribution in [2.45, 2.75) is 52.2 Å². The van der Waals surface area contributed by atoms with E-state index < -0.39 is 12.0 Å². The minimum Gasteiger partial charge on any atom is -0.493 e. The quantitative estimate of drug-likeness (QED) is 0.496. The molecule has 6 heteroatoms. The lowest BCUT2D eigenvalue weighted by atomic mass is 9.93. The number of hydrogen-bond acceptors (Lipinski definition) is 5. The van der Waals surface area contributed by atoms with Gasteiger partial charge in [-0.3, -0.25) is 9.69 Å². The first-order chi connectivity index (χ1) is 16.0. The summed E-state index contributed by atoms with van der Waals surface area (Å²) in [6.07, 6.45) is 6.01. The number of aromatic nitrogens is 1. The van der Waals surface area contributed by atoms with Crippen molar-refractivity contribution in [1.29, 1.82) is 0 Å². The van der Waals surface area contributed by atoms with Gasteiger partial charge in [0.25, 0.3) is 0 Å². The number of aryl methyl sites for hydroxylation is 1. The highest BCUT2D eigenvalue weighted by molar-refractivity contribution is 5.74. The zero-order valence-corrected chi connectivity index (χ0v) is 19.2. The molecule has 0 aliphatic carbocycles. The summed E-state index contributed by atoms with van der Waals surface area (Å²) in [4.78, 5) is 18.5. The Balaban J connectivity index is 1.42. The molecule has 1 aliphatic heterocycles. The zero-order chi connectivity index (χ0) is 23.2. The molecule has 0 saturated heterocycles. The van der Waals surface area contributed by atoms with Gasteiger partial charge in [0, 0.05) is 19.5 Å². The second kappa shape index (κ2) is 10.5. The summed E-state index contributed by atoms with van der Waals surface area (Å²) in [7, 11) is 0. The number of allylic oxidation sites excluding steroid dienone is 1. The van der Waals surface area contributed by atoms with Gasteiger partial charge in [-0.2, -0.15) is 0 Å². The number of nitrogens with zero attached hydrogens (tertiary/aromatic N) is 2. The monoisotopic (exact) mass is 446 g/mol. The predicted octanol–water partition coefficient (Wildman–Crippen LogP) is 5.04. The molecule has 2 heterocycles. The molecule has 1 atom stereocenters. The molecule has 2 aromatic carbocycles. The number of carboxylic acid groups (broad SMARTS) is 1. The Morgan fingerprint density at radius 1 is 1.24 bits per heavy atom. The number of carbonyl (C=O) groups is 1. The normalized spacial score (nSPS) is 16.1. The summed E-state index contributed by atoms with van der Waals surface area (Å²) in [6.45, 7) is 5.66. The van der Waals surface area contributed by atoms with Crippen molar-refractivity contribution in [3.05, 3.63) is 88.6 Å². The lowest BCUT2D eigenvalue weighted by Gasteiger charge is -2.34. The van der Waals surface area contributed by atoms with E-state index in [0.29, 0.717) is 38.4 Å². The van der Waals surface area contributed by atoms with Gasteiger partial charge < -0.3 is 14.3 Å². The van der Waals surface area contributed by atoms with Crippen molar-refractivity contribution in [3.63, 3.8) is 0 Å². The Morgan fingerprint density at radius 2 is 2.06 bits per heavy atom. The molecule has 0 amide bonds. The van der Waals surface area contributed by atoms with Gasteiger partial charge in [0.05, 0.1) is 12.3 Å². The zero-order valence-electron chi connectivity index (χ0n) is 19.2. The van der Waals surface area contributed by atoms with Crippen LogP contribution in [-0.4, -0.2) is 33.6 Å². The van der Waals surface area contributed by atoms with E-state index in [4.69, 9.17) is 9.15 Å². The smallest absolute Gasteiger partial charge is 0.321 e. The molecule has 6 nitrogen and oxygen atoms in total. The highest BCUT2D eigenvalue weighted by Gasteiger charge is 2.31. The SMILES string of the molecule is CC/C=C\c1nc(CCOc2ccc3c(c2)CN(Cc2ccccc2)[C@H](C(=O)O)C3)c(C)o1. The largest absolute Gasteiger partial charge is 0.493 e. The molecule has 1 aromatic heterocycles. The fraction of sp³-hybridized carbons (Fsp3) is 0.333. The van der Waals surface area contributed by atoms with Crippen LogP contribution in [-0.2, 0) is 30.7 Å². The molecule has 33 heavy (non-hydrogen) atoms. The summed E-state index contributed by atoms with van der Waals surface area (Å²) >= 11 is 0. The fourth-order valence-electron chi connectivity index (χ4n) is 4.17. The van der Waals surface area contributed by atoms with Crippen molar-refractivity contribution < 1.29 is 19.1 Å². The van der Waals surface area contributed by atoms with E-state index in [-0.39, 0.29) is 0 Å². The molecule has 0 saturated carbocycles. The number of aliphatic carboxylic acids is 1. The van der Waals surface area contributed by atoms with Crippen LogP contribution >= 0.6 is 0 Å². The predicted molar refractivity (Wildman–Crippen MR) is 127 cm³/mol. The van der Waals surface area contributed by atoms with Crippen molar-refractivity contribution in [2.24, 2.45) is 0 Å². The minimum atomic E-state index is -0.784. The number of carboxylic acids is 1. The number of fused-ring (bicyclic) bond motifs is 1. The second-order valence-corrected chi connectivity index (χ2v) is 8.34. The number of benzene rings is 2. The lowest BCUT2D eigenvalue weighted by Crippen LogP contribution is -2.45. The average Bonchev–Trinajstić information content (AvgIpc) is 3.17. The minimum absolute atomic E-state index is 0.490. The number of oxazole rings is 1. The Hall–Kier alpha value is -3.38. The van der Waals surface area contributed by atoms with Crippen LogP contribution in [0.4, 0.5) is 0 Å². The van der Waals surface area contributed by atoms with E-state index in [1.807, 2.05) is 72.5 Å². The molecule has 1 aliphatic rings. The van der Waals surface area contributed by atoms with Crippen molar-refractivity contribution in [2.75, 3.05) is 6.61 Å². The van der Waals surface area contributed by atoms with Gasteiger partial charge in [0.2, 0.25) is 5.89 Å². The molecular weight excluding hydrogens is 416 g/mol. The number of hydrogen-bond donors (Lipinski definition) is 1. The van der Waals surface area contributed by atoms with E-state index in [1.54, 1.807) is 0 Å². The molecule has 1 N–H and O–H groups in total. The van der Waals surface area contributed by atoms with E-state index in [1.165, 1.54) is 0 Å². The Kier molecular flexibility index (Phi) is 7.25. The van der Waals surface area contributed by atoms with Gasteiger partial charge in [0.1, 0.15) is 17.6 Å². The molecule has 0 unspecified atom stereocenters. The van der Waals surface area contributed by atoms with Crippen LogP contribution in [0.1, 0.15) is 47.4 Å². The van der Waals surface area contributed by atoms with E-state index in [9.17, 15) is 9.90 Å². The third-order valence-electron chi connectivity index (χ3n) is 5.93. The lowest BCUT2D eigenvalue weighted by molar-refractivity contribution is -0.144. The van der Waals surface area contributed by atoms with Crippen LogP contribution in [0.5, 0.6) is 5.75 Å². The first-order valence-electron chi connectivity index (χ1n) is 11.4. The molecule has 172 valence electrons. The first kappa shape index (κ1) is 22.8. The molecule has 0 spiro atoms. The molecule has 3 aromatic rings. The summed E-state index contributed by atoms with van der Waals surface area (Å²) < 4.78 is 11.7. The highest BCUT2D eigenvalue weighted by atomic mass is 16.5. The van der Waals surface area contributed by atoms with Crippen LogP contribution in [0, 0.1) is 6.92 Å². The topological polar surface area (TPSA) is 75.8 Å². The maximum absolute atomic E-state index is 11.9. The Labute approximate surface area is 194 Å². The van der Waals surface area contributed by atoms with Crippen LogP contribution in [0.2, 0.25) is 0 Å². The summed E-state index contributed by atoms with van der Waals surface area (Å²) in [6, 6.07) is 15.4. The van der Waals surface area contributed by atoms with Crippen LogP contribution < -0.4 is 4.74 Å². The van der Waals surface area contributed by atoms with E-state index >= 15 is 0 Å². The van der Waals surface area contributed by atoms with E-state index in [2.05, 4.69) is 11.9 Å². The fourth-order valence-corrected chi connectivity index (χ4v) is 4.17. The standard InChI is InChI=1S/C27H30N2O4/c1-3-4-10-26-28-24(19(2)33-26)13-14-32-23-12-11-21-16-25(27(30)31)29(18-22(21)15-23)17-20-8-6-5-7-9-20/h4-12,15,25H,3,13-14,16-18H2,1-2H3,(H,30,31)/b10-4-/t25-/m0/s1. The average molecular weight is 447 g/mol. The van der Waals surface area contributed by atoms with Crippen LogP contribution in [0.25, 0.3) is 6.08 Å². The van der Waals surface area contributed by atoms with E-state index in [0.717, 1.165) is 40.3 Å². The summed E-state index contributed by atoms with van der Waals surface area (Å²) in [5.74, 6) is 1.45. The van der Waals surface area contributed by atoms with Crippen molar-refractivity contribution in [1.82, 2.24) is 9.88 Å². The van der Waals surface area contributed by atoms with Gasteiger partial charge in [-0.25, -0.2) is 4.98 Å². The Morgan fingerprint density at radius 3 is 2.82 bits per heavy atom. The Bertz CT molecular complexity index is 1120. The molecule has 0 bridgehead atoms. The van der Waals surface area contributed by atoms with Gasteiger partial charge >= 0.3 is 5.97 Å². The third-order valence-corrected chi connectivity index (χ3v) is 5.93. The van der Waals surface area contributed by atoms with Gasteiger partial charge in [-0.05, 0) is 54.7 Å². The molecule has 0 fully saturated rings. The van der Waals surface area contributed by atoms with Crippen LogP contribution in [0.3, 0.4) is 0 Å².